The topological polar surface area (TPSA) is 33.9 Å². The smallest absolute Gasteiger partial charge is 0.204 e. The Kier molecular flexibility index (Phi) is 3.36. The third kappa shape index (κ3) is 1.67. The molecule has 0 amide bonds. The molecule has 1 heterocycles. The van der Waals surface area contributed by atoms with Crippen LogP contribution in [0.5, 0.6) is 0 Å². The van der Waals surface area contributed by atoms with E-state index in [1.54, 1.807) is 0 Å². The first-order chi connectivity index (χ1) is 4.34. The minimum Gasteiger partial charge on any atom is -0.870 e. The van der Waals surface area contributed by atoms with Crippen molar-refractivity contribution in [2.75, 3.05) is 0 Å². The minimum absolute atomic E-state index is 0. The summed E-state index contributed by atoms with van der Waals surface area (Å²) in [6, 6.07) is 6.01. The van der Waals surface area contributed by atoms with Crippen LogP contribution in [0.15, 0.2) is 31.0 Å². The van der Waals surface area contributed by atoms with Crippen molar-refractivity contribution in [1.82, 2.24) is 0 Å². The van der Waals surface area contributed by atoms with Gasteiger partial charge in [0.15, 0.2) is 6.20 Å². The van der Waals surface area contributed by atoms with Crippen molar-refractivity contribution in [2.24, 2.45) is 7.05 Å². The Hall–Kier alpha value is -1.15. The Morgan fingerprint density at radius 2 is 2.20 bits per heavy atom. The Morgan fingerprint density at radius 3 is 2.60 bits per heavy atom. The van der Waals surface area contributed by atoms with E-state index in [0.717, 1.165) is 5.69 Å². The van der Waals surface area contributed by atoms with Crippen LogP contribution in [0.4, 0.5) is 0 Å². The van der Waals surface area contributed by atoms with E-state index < -0.39 is 0 Å². The molecule has 0 aromatic carbocycles. The number of nitrogens with zero attached hydrogens (tertiary/aromatic N) is 1. The molecule has 0 aliphatic rings. The fraction of sp³-hybridized carbons (Fsp3) is 0.125. The third-order valence-electron chi connectivity index (χ3n) is 1.30. The molecule has 0 unspecified atom stereocenters. The molecule has 1 aromatic rings. The van der Waals surface area contributed by atoms with Crippen LogP contribution in [-0.4, -0.2) is 5.48 Å². The molecule has 1 N–H and O–H groups in total. The zero-order valence-electron chi connectivity index (χ0n) is 5.99. The van der Waals surface area contributed by atoms with Crippen LogP contribution in [0.1, 0.15) is 5.69 Å². The molecule has 0 saturated heterocycles. The third-order valence-corrected chi connectivity index (χ3v) is 1.30. The van der Waals surface area contributed by atoms with Gasteiger partial charge in [0.2, 0.25) is 5.69 Å². The van der Waals surface area contributed by atoms with E-state index in [4.69, 9.17) is 0 Å². The predicted octanol–water partition coefficient (Wildman–Crippen LogP) is 0.977. The lowest BCUT2D eigenvalue weighted by Crippen LogP contribution is -2.30. The van der Waals surface area contributed by atoms with Gasteiger partial charge in [-0.1, -0.05) is 6.58 Å². The molecular weight excluding hydrogens is 126 g/mol. The summed E-state index contributed by atoms with van der Waals surface area (Å²) in [6.07, 6.45) is 3.83. The van der Waals surface area contributed by atoms with Gasteiger partial charge in [0, 0.05) is 18.2 Å². The van der Waals surface area contributed by atoms with Crippen LogP contribution in [0, 0.1) is 0 Å². The summed E-state index contributed by atoms with van der Waals surface area (Å²) < 4.78 is 2.02. The highest BCUT2D eigenvalue weighted by Gasteiger charge is 1.94. The number of pyridine rings is 1. The zero-order chi connectivity index (χ0) is 6.69. The van der Waals surface area contributed by atoms with Crippen LogP contribution in [0.3, 0.4) is 0 Å². The first kappa shape index (κ1) is 8.85. The van der Waals surface area contributed by atoms with Crippen LogP contribution >= 0.6 is 0 Å². The normalized spacial score (nSPS) is 8.10. The van der Waals surface area contributed by atoms with Crippen LogP contribution in [-0.2, 0) is 7.05 Å². The van der Waals surface area contributed by atoms with Gasteiger partial charge < -0.3 is 5.48 Å². The molecule has 0 bridgehead atoms. The highest BCUT2D eigenvalue weighted by molar-refractivity contribution is 5.36. The van der Waals surface area contributed by atoms with Gasteiger partial charge in [0.05, 0.1) is 0 Å². The fourth-order valence-electron chi connectivity index (χ4n) is 0.749. The van der Waals surface area contributed by atoms with E-state index in [1.165, 1.54) is 0 Å². The summed E-state index contributed by atoms with van der Waals surface area (Å²) in [5.41, 5.74) is 1.14. The SMILES string of the molecule is C=Cc1cccc[n+]1C.[OH-]. The van der Waals surface area contributed by atoms with E-state index in [1.807, 2.05) is 42.1 Å². The molecule has 0 spiro atoms. The second-order valence-electron chi connectivity index (χ2n) is 1.94. The molecule has 2 heteroatoms. The van der Waals surface area contributed by atoms with Crippen molar-refractivity contribution in [3.63, 3.8) is 0 Å². The van der Waals surface area contributed by atoms with Gasteiger partial charge in [-0.2, -0.15) is 0 Å². The summed E-state index contributed by atoms with van der Waals surface area (Å²) in [7, 11) is 2.00. The van der Waals surface area contributed by atoms with E-state index in [-0.39, 0.29) is 5.48 Å². The van der Waals surface area contributed by atoms with Crippen molar-refractivity contribution in [1.29, 1.82) is 0 Å². The maximum atomic E-state index is 3.67. The van der Waals surface area contributed by atoms with E-state index in [2.05, 4.69) is 6.58 Å². The number of hydrogen-bond acceptors (Lipinski definition) is 1. The van der Waals surface area contributed by atoms with Crippen molar-refractivity contribution in [3.8, 4) is 0 Å². The van der Waals surface area contributed by atoms with Gasteiger partial charge in [0.1, 0.15) is 7.05 Å². The molecule has 10 heavy (non-hydrogen) atoms. The van der Waals surface area contributed by atoms with Gasteiger partial charge in [-0.3, -0.25) is 0 Å². The first-order valence-electron chi connectivity index (χ1n) is 2.91. The molecule has 0 atom stereocenters. The summed E-state index contributed by atoms with van der Waals surface area (Å²) >= 11 is 0. The predicted molar refractivity (Wildman–Crippen MR) is 39.6 cm³/mol. The van der Waals surface area contributed by atoms with Gasteiger partial charge in [-0.25, -0.2) is 4.57 Å². The van der Waals surface area contributed by atoms with Crippen LogP contribution < -0.4 is 4.57 Å². The Bertz CT molecular complexity index is 220. The summed E-state index contributed by atoms with van der Waals surface area (Å²) in [4.78, 5) is 0. The van der Waals surface area contributed by atoms with E-state index >= 15 is 0 Å². The highest BCUT2D eigenvalue weighted by Crippen LogP contribution is 1.89. The number of aryl methyl sites for hydroxylation is 1. The summed E-state index contributed by atoms with van der Waals surface area (Å²) in [5, 5.41) is 0. The molecule has 0 fully saturated rings. The minimum atomic E-state index is 0. The lowest BCUT2D eigenvalue weighted by atomic mass is 10.3. The Morgan fingerprint density at radius 1 is 1.50 bits per heavy atom. The quantitative estimate of drug-likeness (QED) is 0.531. The summed E-state index contributed by atoms with van der Waals surface area (Å²) in [5.74, 6) is 0. The largest absolute Gasteiger partial charge is 0.870 e. The lowest BCUT2D eigenvalue weighted by molar-refractivity contribution is -0.673. The average Bonchev–Trinajstić information content (AvgIpc) is 1.89. The standard InChI is InChI=1S/C8H10N.H2O/c1-3-8-6-4-5-7-9(8)2;/h3-7H,1H2,2H3;1H2/q+1;/p-1. The zero-order valence-corrected chi connectivity index (χ0v) is 5.99. The Balaban J connectivity index is 0.000000810. The van der Waals surface area contributed by atoms with Gasteiger partial charge in [-0.05, 0) is 6.07 Å². The van der Waals surface area contributed by atoms with Crippen molar-refractivity contribution >= 4 is 6.08 Å². The lowest BCUT2D eigenvalue weighted by Gasteiger charge is -1.88. The summed E-state index contributed by atoms with van der Waals surface area (Å²) in [6.45, 7) is 3.67. The average molecular weight is 137 g/mol. The molecule has 0 aliphatic carbocycles. The number of hydrogen-bond donors (Lipinski definition) is 0. The van der Waals surface area contributed by atoms with Gasteiger partial charge in [0.25, 0.3) is 0 Å². The molecule has 1 rings (SSSR count). The molecule has 54 valence electrons. The van der Waals surface area contributed by atoms with Gasteiger partial charge >= 0.3 is 0 Å². The van der Waals surface area contributed by atoms with Crippen molar-refractivity contribution in [2.45, 2.75) is 0 Å². The number of rotatable bonds is 1. The number of aromatic nitrogens is 1. The van der Waals surface area contributed by atoms with Crippen molar-refractivity contribution in [3.05, 3.63) is 36.7 Å². The second kappa shape index (κ2) is 3.80. The first-order valence-corrected chi connectivity index (χ1v) is 2.91. The molecule has 2 nitrogen and oxygen atoms in total. The second-order valence-corrected chi connectivity index (χ2v) is 1.94. The molecule has 1 aromatic heterocycles. The van der Waals surface area contributed by atoms with Gasteiger partial charge in [-0.15, -0.1) is 0 Å². The maximum absolute atomic E-state index is 3.67. The molecule has 0 saturated carbocycles. The van der Waals surface area contributed by atoms with E-state index in [0.29, 0.717) is 0 Å². The van der Waals surface area contributed by atoms with Crippen LogP contribution in [0.2, 0.25) is 0 Å². The monoisotopic (exact) mass is 137 g/mol. The van der Waals surface area contributed by atoms with E-state index in [9.17, 15) is 0 Å². The highest BCUT2D eigenvalue weighted by atomic mass is 16.0. The molecule has 0 radical (unpaired) electrons. The van der Waals surface area contributed by atoms with Crippen LogP contribution in [0.25, 0.3) is 6.08 Å². The van der Waals surface area contributed by atoms with Crippen molar-refractivity contribution < 1.29 is 10.0 Å². The maximum Gasteiger partial charge on any atom is 0.204 e. The Labute approximate surface area is 60.7 Å². The fourth-order valence-corrected chi connectivity index (χ4v) is 0.749. The molecule has 0 aliphatic heterocycles. The molecular formula is C8H11NO.